The van der Waals surface area contributed by atoms with Crippen molar-refractivity contribution >= 4 is 22.6 Å². The average molecular weight is 256 g/mol. The molecule has 1 aromatic heterocycles. The van der Waals surface area contributed by atoms with Gasteiger partial charge in [0.05, 0.1) is 36.6 Å². The van der Waals surface area contributed by atoms with Crippen molar-refractivity contribution in [3.05, 3.63) is 24.5 Å². The SMILES string of the molecule is Cn1cnc2cc(NC(=O)C3(C#N)COC3)ccc21. The molecule has 1 saturated heterocycles. The first-order valence-corrected chi connectivity index (χ1v) is 5.86. The predicted molar refractivity (Wildman–Crippen MR) is 68.2 cm³/mol. The Morgan fingerprint density at radius 1 is 1.58 bits per heavy atom. The number of benzene rings is 1. The third-order valence-electron chi connectivity index (χ3n) is 3.33. The molecule has 2 heterocycles. The molecule has 0 atom stereocenters. The first kappa shape index (κ1) is 11.7. The summed E-state index contributed by atoms with van der Waals surface area (Å²) in [5, 5.41) is 11.8. The number of nitrogens with zero attached hydrogens (tertiary/aromatic N) is 3. The third-order valence-corrected chi connectivity index (χ3v) is 3.33. The summed E-state index contributed by atoms with van der Waals surface area (Å²) in [6.45, 7) is 0.308. The smallest absolute Gasteiger partial charge is 0.249 e. The first-order chi connectivity index (χ1) is 9.14. The quantitative estimate of drug-likeness (QED) is 0.871. The summed E-state index contributed by atoms with van der Waals surface area (Å²) in [4.78, 5) is 16.3. The number of rotatable bonds is 2. The minimum Gasteiger partial charge on any atom is -0.377 e. The number of imidazole rings is 1. The molecule has 96 valence electrons. The standard InChI is InChI=1S/C13H12N4O2/c1-17-8-15-10-4-9(2-3-11(10)17)16-12(18)13(5-14)6-19-7-13/h2-4,8H,6-7H2,1H3,(H,16,18). The van der Waals surface area contributed by atoms with Gasteiger partial charge in [0.1, 0.15) is 0 Å². The monoisotopic (exact) mass is 256 g/mol. The molecule has 2 aromatic rings. The molecular weight excluding hydrogens is 244 g/mol. The topological polar surface area (TPSA) is 79.9 Å². The van der Waals surface area contributed by atoms with Crippen LogP contribution in [0.5, 0.6) is 0 Å². The van der Waals surface area contributed by atoms with Crippen LogP contribution in [0.3, 0.4) is 0 Å². The molecule has 6 nitrogen and oxygen atoms in total. The minimum atomic E-state index is -1.04. The van der Waals surface area contributed by atoms with E-state index in [0.29, 0.717) is 5.69 Å². The van der Waals surface area contributed by atoms with Crippen molar-refractivity contribution in [1.29, 1.82) is 5.26 Å². The van der Waals surface area contributed by atoms with Gasteiger partial charge in [-0.2, -0.15) is 5.26 Å². The lowest BCUT2D eigenvalue weighted by molar-refractivity contribution is -0.144. The highest BCUT2D eigenvalue weighted by molar-refractivity contribution is 5.99. The number of nitriles is 1. The third kappa shape index (κ3) is 1.75. The fourth-order valence-electron chi connectivity index (χ4n) is 2.02. The molecule has 1 N–H and O–H groups in total. The molecule has 0 aliphatic carbocycles. The van der Waals surface area contributed by atoms with Gasteiger partial charge in [-0.15, -0.1) is 0 Å². The van der Waals surface area contributed by atoms with E-state index in [2.05, 4.69) is 10.3 Å². The normalized spacial score (nSPS) is 16.6. The van der Waals surface area contributed by atoms with E-state index in [0.717, 1.165) is 11.0 Å². The van der Waals surface area contributed by atoms with Crippen molar-refractivity contribution in [3.8, 4) is 6.07 Å². The summed E-state index contributed by atoms with van der Waals surface area (Å²) < 4.78 is 6.86. The molecule has 1 fully saturated rings. The van der Waals surface area contributed by atoms with Crippen molar-refractivity contribution in [2.75, 3.05) is 18.5 Å². The number of hydrogen-bond donors (Lipinski definition) is 1. The van der Waals surface area contributed by atoms with Crippen LogP contribution in [0.4, 0.5) is 5.69 Å². The van der Waals surface area contributed by atoms with Gasteiger partial charge in [-0.05, 0) is 18.2 Å². The molecule has 3 rings (SSSR count). The molecule has 1 aliphatic rings. The maximum atomic E-state index is 12.0. The van der Waals surface area contributed by atoms with E-state index >= 15 is 0 Å². The molecule has 1 aromatic carbocycles. The summed E-state index contributed by atoms with van der Waals surface area (Å²) >= 11 is 0. The van der Waals surface area contributed by atoms with Crippen molar-refractivity contribution in [2.24, 2.45) is 12.5 Å². The highest BCUT2D eigenvalue weighted by Crippen LogP contribution is 2.28. The summed E-state index contributed by atoms with van der Waals surface area (Å²) in [7, 11) is 1.91. The Bertz CT molecular complexity index is 694. The average Bonchev–Trinajstić information content (AvgIpc) is 2.70. The summed E-state index contributed by atoms with van der Waals surface area (Å²) in [5.74, 6) is -0.323. The van der Waals surface area contributed by atoms with E-state index in [-0.39, 0.29) is 19.1 Å². The largest absolute Gasteiger partial charge is 0.377 e. The minimum absolute atomic E-state index is 0.154. The molecule has 0 spiro atoms. The molecule has 6 heteroatoms. The summed E-state index contributed by atoms with van der Waals surface area (Å²) in [5.41, 5.74) is 1.38. The second kappa shape index (κ2) is 4.07. The van der Waals surface area contributed by atoms with Crippen LogP contribution in [-0.4, -0.2) is 28.7 Å². The molecule has 1 amide bonds. The van der Waals surface area contributed by atoms with E-state index in [9.17, 15) is 4.79 Å². The Kier molecular flexibility index (Phi) is 2.50. The first-order valence-electron chi connectivity index (χ1n) is 5.86. The molecule has 1 aliphatic heterocycles. The van der Waals surface area contributed by atoms with E-state index in [1.807, 2.05) is 23.8 Å². The van der Waals surface area contributed by atoms with Crippen LogP contribution in [0.15, 0.2) is 24.5 Å². The van der Waals surface area contributed by atoms with Gasteiger partial charge in [0, 0.05) is 12.7 Å². The Balaban J connectivity index is 1.85. The van der Waals surface area contributed by atoms with Crippen molar-refractivity contribution in [1.82, 2.24) is 9.55 Å². The number of carbonyl (C=O) groups excluding carboxylic acids is 1. The van der Waals surface area contributed by atoms with E-state index in [1.165, 1.54) is 0 Å². The maximum Gasteiger partial charge on any atom is 0.249 e. The zero-order valence-electron chi connectivity index (χ0n) is 10.4. The molecule has 19 heavy (non-hydrogen) atoms. The van der Waals surface area contributed by atoms with Crippen LogP contribution >= 0.6 is 0 Å². The predicted octanol–water partition coefficient (Wildman–Crippen LogP) is 1.05. The molecular formula is C13H12N4O2. The zero-order chi connectivity index (χ0) is 13.5. The van der Waals surface area contributed by atoms with Gasteiger partial charge in [-0.25, -0.2) is 4.98 Å². The number of nitrogens with one attached hydrogen (secondary N) is 1. The van der Waals surface area contributed by atoms with Crippen LogP contribution in [-0.2, 0) is 16.6 Å². The van der Waals surface area contributed by atoms with Crippen LogP contribution in [0, 0.1) is 16.7 Å². The maximum absolute atomic E-state index is 12.0. The number of hydrogen-bond acceptors (Lipinski definition) is 4. The molecule has 0 saturated carbocycles. The van der Waals surface area contributed by atoms with E-state index < -0.39 is 5.41 Å². The Hall–Kier alpha value is -2.39. The lowest BCUT2D eigenvalue weighted by Gasteiger charge is -2.33. The van der Waals surface area contributed by atoms with Gasteiger partial charge in [0.15, 0.2) is 5.41 Å². The zero-order valence-corrected chi connectivity index (χ0v) is 10.4. The molecule has 0 bridgehead atoms. The molecule has 0 radical (unpaired) electrons. The number of fused-ring (bicyclic) bond motifs is 1. The van der Waals surface area contributed by atoms with Crippen molar-refractivity contribution < 1.29 is 9.53 Å². The van der Waals surface area contributed by atoms with Crippen LogP contribution in [0.2, 0.25) is 0 Å². The number of anilines is 1. The lowest BCUT2D eigenvalue weighted by atomic mass is 9.87. The van der Waals surface area contributed by atoms with Gasteiger partial charge in [-0.3, -0.25) is 4.79 Å². The van der Waals surface area contributed by atoms with Crippen molar-refractivity contribution in [2.45, 2.75) is 0 Å². The Labute approximate surface area is 109 Å². The van der Waals surface area contributed by atoms with Crippen LogP contribution in [0.25, 0.3) is 11.0 Å². The number of aromatic nitrogens is 2. The second-order valence-electron chi connectivity index (χ2n) is 4.70. The number of ether oxygens (including phenoxy) is 1. The highest BCUT2D eigenvalue weighted by Gasteiger charge is 2.46. The fraction of sp³-hybridized carbons (Fsp3) is 0.308. The summed E-state index contributed by atoms with van der Waals surface area (Å²) in [6.07, 6.45) is 1.72. The Morgan fingerprint density at radius 3 is 3.00 bits per heavy atom. The van der Waals surface area contributed by atoms with Crippen LogP contribution in [0.1, 0.15) is 0 Å². The highest BCUT2D eigenvalue weighted by atomic mass is 16.5. The lowest BCUT2D eigenvalue weighted by Crippen LogP contribution is -2.50. The number of carbonyl (C=O) groups is 1. The van der Waals surface area contributed by atoms with Gasteiger partial charge < -0.3 is 14.6 Å². The summed E-state index contributed by atoms with van der Waals surface area (Å²) in [6, 6.07) is 7.49. The van der Waals surface area contributed by atoms with Gasteiger partial charge in [0.25, 0.3) is 0 Å². The number of amides is 1. The molecule has 0 unspecified atom stereocenters. The van der Waals surface area contributed by atoms with Gasteiger partial charge >= 0.3 is 0 Å². The van der Waals surface area contributed by atoms with E-state index in [1.54, 1.807) is 18.5 Å². The van der Waals surface area contributed by atoms with Gasteiger partial charge in [0.2, 0.25) is 5.91 Å². The second-order valence-corrected chi connectivity index (χ2v) is 4.70. The van der Waals surface area contributed by atoms with Gasteiger partial charge in [-0.1, -0.05) is 0 Å². The van der Waals surface area contributed by atoms with Crippen molar-refractivity contribution in [3.63, 3.8) is 0 Å². The Morgan fingerprint density at radius 2 is 2.37 bits per heavy atom. The van der Waals surface area contributed by atoms with E-state index in [4.69, 9.17) is 10.00 Å². The number of aryl methyl sites for hydroxylation is 1. The fourth-order valence-corrected chi connectivity index (χ4v) is 2.02. The van der Waals surface area contributed by atoms with Crippen LogP contribution < -0.4 is 5.32 Å².